The largest absolute Gasteiger partial charge is 0.462 e. The van der Waals surface area contributed by atoms with Gasteiger partial charge in [-0.3, -0.25) is 9.59 Å². The highest BCUT2D eigenvalue weighted by molar-refractivity contribution is 5.70. The highest BCUT2D eigenvalue weighted by Crippen LogP contribution is 2.38. The monoisotopic (exact) mass is 722 g/mol. The maximum Gasteiger partial charge on any atom is 0.306 e. The third-order valence-electron chi connectivity index (χ3n) is 11.0. The lowest BCUT2D eigenvalue weighted by Gasteiger charge is -2.21. The third kappa shape index (κ3) is 31.0. The Balaban J connectivity index is 2.07. The lowest BCUT2D eigenvalue weighted by atomic mass is 10.0. The van der Waals surface area contributed by atoms with E-state index in [0.717, 1.165) is 90.3 Å². The van der Waals surface area contributed by atoms with Gasteiger partial charge < -0.3 is 19.5 Å². The molecule has 0 aromatic rings. The molecule has 6 heteroatoms. The first kappa shape index (κ1) is 47.9. The standard InChI is InChI=1S/C45H87NO5/c1-4-7-10-13-18-25-32-42(33-26-19-14-11-8-5-2)50-44(48)34-27-20-15-22-29-36-46(38-39-47)37-30-23-16-21-28-35-45(49)51-43-40-41(43)31-24-17-12-9-6-3/h41-43,47H,4-40H2,1-3H3/t41-,43?/m0/s1. The quantitative estimate of drug-likeness (QED) is 0.0501. The van der Waals surface area contributed by atoms with E-state index in [1.54, 1.807) is 0 Å². The summed E-state index contributed by atoms with van der Waals surface area (Å²) in [6.45, 7) is 9.80. The molecular formula is C45H87NO5. The number of hydrogen-bond acceptors (Lipinski definition) is 6. The van der Waals surface area contributed by atoms with Gasteiger partial charge in [0.2, 0.25) is 0 Å². The Bertz CT molecular complexity index is 760. The maximum absolute atomic E-state index is 12.7. The minimum atomic E-state index is 0.00813. The van der Waals surface area contributed by atoms with Crippen LogP contribution in [0.3, 0.4) is 0 Å². The van der Waals surface area contributed by atoms with Crippen LogP contribution in [0.15, 0.2) is 0 Å². The molecule has 0 aliphatic heterocycles. The van der Waals surface area contributed by atoms with Gasteiger partial charge in [0.05, 0.1) is 6.61 Å². The molecule has 1 N–H and O–H groups in total. The van der Waals surface area contributed by atoms with E-state index in [1.165, 1.54) is 128 Å². The molecule has 1 saturated carbocycles. The van der Waals surface area contributed by atoms with Crippen molar-refractivity contribution in [1.82, 2.24) is 4.90 Å². The molecule has 6 nitrogen and oxygen atoms in total. The van der Waals surface area contributed by atoms with Crippen molar-refractivity contribution < 1.29 is 24.2 Å². The van der Waals surface area contributed by atoms with Crippen molar-refractivity contribution in [1.29, 1.82) is 0 Å². The fourth-order valence-corrected chi connectivity index (χ4v) is 7.46. The van der Waals surface area contributed by atoms with Gasteiger partial charge in [-0.1, -0.05) is 156 Å². The molecule has 0 radical (unpaired) electrons. The van der Waals surface area contributed by atoms with Crippen LogP contribution in [0.4, 0.5) is 0 Å². The van der Waals surface area contributed by atoms with Gasteiger partial charge in [-0.15, -0.1) is 0 Å². The van der Waals surface area contributed by atoms with E-state index >= 15 is 0 Å². The van der Waals surface area contributed by atoms with Crippen molar-refractivity contribution in [2.75, 3.05) is 26.2 Å². The van der Waals surface area contributed by atoms with Crippen molar-refractivity contribution in [3.8, 4) is 0 Å². The molecule has 0 aromatic heterocycles. The Morgan fingerprint density at radius 2 is 0.980 bits per heavy atom. The van der Waals surface area contributed by atoms with Gasteiger partial charge in [-0.05, 0) is 83.2 Å². The molecule has 0 heterocycles. The Morgan fingerprint density at radius 1 is 0.549 bits per heavy atom. The zero-order valence-corrected chi connectivity index (χ0v) is 34.4. The number of unbranched alkanes of at least 4 members (excludes halogenated alkanes) is 22. The number of ether oxygens (including phenoxy) is 2. The van der Waals surface area contributed by atoms with Crippen LogP contribution in [-0.4, -0.2) is 60.4 Å². The summed E-state index contributed by atoms with van der Waals surface area (Å²) in [5.74, 6) is 0.653. The summed E-state index contributed by atoms with van der Waals surface area (Å²) in [7, 11) is 0. The molecule has 0 amide bonds. The summed E-state index contributed by atoms with van der Waals surface area (Å²) in [5, 5.41) is 9.56. The lowest BCUT2D eigenvalue weighted by Crippen LogP contribution is -2.29. The molecule has 0 aromatic carbocycles. The van der Waals surface area contributed by atoms with Crippen molar-refractivity contribution >= 4 is 11.9 Å². The average Bonchev–Trinajstić information content (AvgIpc) is 3.86. The van der Waals surface area contributed by atoms with Gasteiger partial charge in [-0.2, -0.15) is 0 Å². The number of nitrogens with zero attached hydrogens (tertiary/aromatic N) is 1. The molecule has 0 bridgehead atoms. The van der Waals surface area contributed by atoms with Gasteiger partial charge in [-0.25, -0.2) is 0 Å². The van der Waals surface area contributed by atoms with Crippen molar-refractivity contribution in [3.63, 3.8) is 0 Å². The van der Waals surface area contributed by atoms with Gasteiger partial charge in [0.15, 0.2) is 0 Å². The molecular weight excluding hydrogens is 634 g/mol. The van der Waals surface area contributed by atoms with Crippen molar-refractivity contribution in [2.24, 2.45) is 5.92 Å². The molecule has 0 saturated heterocycles. The van der Waals surface area contributed by atoms with Crippen LogP contribution in [0.1, 0.15) is 233 Å². The van der Waals surface area contributed by atoms with Gasteiger partial charge in [0.1, 0.15) is 12.2 Å². The number of hydrogen-bond donors (Lipinski definition) is 1. The van der Waals surface area contributed by atoms with Crippen LogP contribution >= 0.6 is 0 Å². The number of rotatable bonds is 40. The Morgan fingerprint density at radius 3 is 1.49 bits per heavy atom. The second-order valence-corrected chi connectivity index (χ2v) is 16.1. The predicted molar refractivity (Wildman–Crippen MR) is 216 cm³/mol. The Labute approximate surface area is 317 Å². The van der Waals surface area contributed by atoms with E-state index in [1.807, 2.05) is 0 Å². The topological polar surface area (TPSA) is 76.1 Å². The molecule has 302 valence electrons. The van der Waals surface area contributed by atoms with E-state index in [-0.39, 0.29) is 30.8 Å². The third-order valence-corrected chi connectivity index (χ3v) is 11.0. The second kappa shape index (κ2) is 35.9. The van der Waals surface area contributed by atoms with Gasteiger partial charge in [0.25, 0.3) is 0 Å². The molecule has 1 fully saturated rings. The maximum atomic E-state index is 12.7. The fourth-order valence-electron chi connectivity index (χ4n) is 7.46. The number of aliphatic hydroxyl groups is 1. The van der Waals surface area contributed by atoms with E-state index in [4.69, 9.17) is 9.47 Å². The summed E-state index contributed by atoms with van der Waals surface area (Å²) in [4.78, 5) is 27.3. The normalized spacial score (nSPS) is 15.6. The van der Waals surface area contributed by atoms with Gasteiger partial charge in [0, 0.05) is 19.4 Å². The number of aliphatic hydroxyl groups excluding tert-OH is 1. The molecule has 0 spiro atoms. The minimum absolute atomic E-state index is 0.00813. The highest BCUT2D eigenvalue weighted by Gasteiger charge is 2.39. The van der Waals surface area contributed by atoms with Crippen LogP contribution in [0.25, 0.3) is 0 Å². The number of carbonyl (C=O) groups is 2. The summed E-state index contributed by atoms with van der Waals surface area (Å²) < 4.78 is 11.7. The molecule has 1 aliphatic carbocycles. The predicted octanol–water partition coefficient (Wildman–Crippen LogP) is 12.7. The first-order chi connectivity index (χ1) is 25.0. The minimum Gasteiger partial charge on any atom is -0.462 e. The average molecular weight is 722 g/mol. The van der Waals surface area contributed by atoms with Crippen LogP contribution in [0, 0.1) is 5.92 Å². The number of esters is 2. The fraction of sp³-hybridized carbons (Fsp3) is 0.956. The molecule has 1 rings (SSSR count). The summed E-state index contributed by atoms with van der Waals surface area (Å²) in [6.07, 6.45) is 38.8. The zero-order chi connectivity index (χ0) is 37.0. The van der Waals surface area contributed by atoms with E-state index in [0.29, 0.717) is 18.8 Å². The summed E-state index contributed by atoms with van der Waals surface area (Å²) >= 11 is 0. The lowest BCUT2D eigenvalue weighted by molar-refractivity contribution is -0.150. The molecule has 1 unspecified atom stereocenters. The summed E-state index contributed by atoms with van der Waals surface area (Å²) in [6, 6.07) is 0. The second-order valence-electron chi connectivity index (χ2n) is 16.1. The van der Waals surface area contributed by atoms with Crippen LogP contribution in [0.2, 0.25) is 0 Å². The van der Waals surface area contributed by atoms with E-state index in [2.05, 4.69) is 25.7 Å². The summed E-state index contributed by atoms with van der Waals surface area (Å²) in [5.41, 5.74) is 0. The molecule has 2 atom stereocenters. The Kier molecular flexibility index (Phi) is 33.7. The van der Waals surface area contributed by atoms with Crippen LogP contribution < -0.4 is 0 Å². The first-order valence-electron chi connectivity index (χ1n) is 22.8. The highest BCUT2D eigenvalue weighted by atomic mass is 16.6. The Hall–Kier alpha value is -1.14. The van der Waals surface area contributed by atoms with Crippen molar-refractivity contribution in [3.05, 3.63) is 0 Å². The van der Waals surface area contributed by atoms with E-state index < -0.39 is 0 Å². The van der Waals surface area contributed by atoms with Crippen molar-refractivity contribution in [2.45, 2.75) is 245 Å². The van der Waals surface area contributed by atoms with Crippen LogP contribution in [0.5, 0.6) is 0 Å². The first-order valence-corrected chi connectivity index (χ1v) is 22.8. The zero-order valence-electron chi connectivity index (χ0n) is 34.4. The number of carbonyl (C=O) groups excluding carboxylic acids is 2. The SMILES string of the molecule is CCCCCCCCC(CCCCCCCC)OC(=O)CCCCCCCN(CCO)CCCCCCCC(=O)OC1C[C@@H]1CCCCCCC. The van der Waals surface area contributed by atoms with Gasteiger partial charge >= 0.3 is 11.9 Å². The van der Waals surface area contributed by atoms with Crippen LogP contribution in [-0.2, 0) is 19.1 Å². The molecule has 51 heavy (non-hydrogen) atoms. The molecule has 1 aliphatic rings. The smallest absolute Gasteiger partial charge is 0.306 e. The van der Waals surface area contributed by atoms with E-state index in [9.17, 15) is 14.7 Å².